The molecule has 1 aliphatic heterocycles. The minimum atomic E-state index is -0.342. The maximum atomic E-state index is 13.1. The molecule has 1 atom stereocenters. The van der Waals surface area contributed by atoms with E-state index in [4.69, 9.17) is 5.73 Å². The Kier molecular flexibility index (Phi) is 5.35. The van der Waals surface area contributed by atoms with Crippen molar-refractivity contribution in [2.24, 2.45) is 0 Å². The van der Waals surface area contributed by atoms with Gasteiger partial charge in [-0.15, -0.1) is 0 Å². The summed E-state index contributed by atoms with van der Waals surface area (Å²) in [6, 6.07) is 11.6. The van der Waals surface area contributed by atoms with E-state index in [0.29, 0.717) is 11.0 Å². The van der Waals surface area contributed by atoms with Gasteiger partial charge in [0.15, 0.2) is 5.16 Å². The fraction of sp³-hybridized carbons (Fsp3) is 0.389. The van der Waals surface area contributed by atoms with Crippen LogP contribution in [0.5, 0.6) is 0 Å². The van der Waals surface area contributed by atoms with Crippen LogP contribution in [-0.4, -0.2) is 33.9 Å². The van der Waals surface area contributed by atoms with Gasteiger partial charge in [-0.3, -0.25) is 4.79 Å². The Hall–Kier alpha value is -2.08. The lowest BCUT2D eigenvalue weighted by Crippen LogP contribution is -2.38. The quantitative estimate of drug-likeness (QED) is 0.682. The number of aromatic nitrogens is 2. The molecule has 3 rings (SSSR count). The fourth-order valence-electron chi connectivity index (χ4n) is 2.89. The number of anilines is 1. The molecule has 6 heteroatoms. The summed E-state index contributed by atoms with van der Waals surface area (Å²) in [6.07, 6.45) is 3.35. The molecule has 2 heterocycles. The van der Waals surface area contributed by atoms with E-state index in [2.05, 4.69) is 9.97 Å². The molecular formula is C18H22N4OS. The molecule has 126 valence electrons. The van der Waals surface area contributed by atoms with Crippen molar-refractivity contribution >= 4 is 23.5 Å². The number of amides is 1. The number of hydrogen-bond acceptors (Lipinski definition) is 5. The first-order chi connectivity index (χ1) is 11.6. The van der Waals surface area contributed by atoms with Crippen molar-refractivity contribution in [3.8, 4) is 0 Å². The summed E-state index contributed by atoms with van der Waals surface area (Å²) in [5.41, 5.74) is 7.61. The molecule has 1 saturated heterocycles. The second-order valence-corrected chi connectivity index (χ2v) is 7.08. The zero-order valence-electron chi connectivity index (χ0n) is 13.8. The third-order valence-electron chi connectivity index (χ3n) is 4.07. The molecule has 2 N–H and O–H groups in total. The molecule has 2 aromatic rings. The monoisotopic (exact) mass is 342 g/mol. The molecule has 1 aromatic heterocycles. The number of carbonyl (C=O) groups excluding carboxylic acids is 1. The summed E-state index contributed by atoms with van der Waals surface area (Å²) in [5, 5.41) is 0.206. The van der Waals surface area contributed by atoms with Crippen molar-refractivity contribution in [3.63, 3.8) is 0 Å². The smallest absolute Gasteiger partial charge is 0.240 e. The number of piperidine rings is 1. The Morgan fingerprint density at radius 3 is 2.54 bits per heavy atom. The van der Waals surface area contributed by atoms with E-state index in [0.717, 1.165) is 37.2 Å². The van der Waals surface area contributed by atoms with Gasteiger partial charge in [-0.25, -0.2) is 9.97 Å². The standard InChI is InChI=1S/C18H22N4OS/c1-13-12-15(19)21-18(20-13)24-16(14-8-4-2-5-9-14)17(23)22-10-6-3-7-11-22/h2,4-5,8-9,12,16H,3,6-7,10-11H2,1H3,(H2,19,20,21). The van der Waals surface area contributed by atoms with Crippen LogP contribution in [0, 0.1) is 6.92 Å². The summed E-state index contributed by atoms with van der Waals surface area (Å²) in [4.78, 5) is 23.8. The van der Waals surface area contributed by atoms with Gasteiger partial charge in [0.1, 0.15) is 11.1 Å². The lowest BCUT2D eigenvalue weighted by atomic mass is 10.1. The number of nitrogen functional groups attached to an aromatic ring is 1. The number of nitrogens with two attached hydrogens (primary N) is 1. The van der Waals surface area contributed by atoms with Crippen molar-refractivity contribution in [2.75, 3.05) is 18.8 Å². The Balaban J connectivity index is 1.88. The molecule has 0 aliphatic carbocycles. The molecule has 24 heavy (non-hydrogen) atoms. The topological polar surface area (TPSA) is 72.1 Å². The predicted molar refractivity (Wildman–Crippen MR) is 96.7 cm³/mol. The summed E-state index contributed by atoms with van der Waals surface area (Å²) in [6.45, 7) is 3.55. The number of thioether (sulfide) groups is 1. The predicted octanol–water partition coefficient (Wildman–Crippen LogP) is 3.21. The second kappa shape index (κ2) is 7.66. The van der Waals surface area contributed by atoms with Gasteiger partial charge in [0.25, 0.3) is 0 Å². The first-order valence-electron chi connectivity index (χ1n) is 8.25. The van der Waals surface area contributed by atoms with E-state index in [1.54, 1.807) is 6.07 Å². The normalized spacial score (nSPS) is 16.0. The molecule has 0 spiro atoms. The Morgan fingerprint density at radius 2 is 1.88 bits per heavy atom. The van der Waals surface area contributed by atoms with Crippen LogP contribution in [0.2, 0.25) is 0 Å². The van der Waals surface area contributed by atoms with Crippen LogP contribution < -0.4 is 5.73 Å². The maximum Gasteiger partial charge on any atom is 0.240 e. The lowest BCUT2D eigenvalue weighted by molar-refractivity contribution is -0.131. The van der Waals surface area contributed by atoms with E-state index < -0.39 is 0 Å². The van der Waals surface area contributed by atoms with Crippen LogP contribution in [0.4, 0.5) is 5.82 Å². The third-order valence-corrected chi connectivity index (χ3v) is 5.17. The van der Waals surface area contributed by atoms with Gasteiger partial charge >= 0.3 is 0 Å². The van der Waals surface area contributed by atoms with Crippen LogP contribution >= 0.6 is 11.8 Å². The first-order valence-corrected chi connectivity index (χ1v) is 9.13. The molecule has 1 amide bonds. The van der Waals surface area contributed by atoms with E-state index in [9.17, 15) is 4.79 Å². The molecule has 1 fully saturated rings. The molecule has 1 aromatic carbocycles. The Morgan fingerprint density at radius 1 is 1.17 bits per heavy atom. The molecule has 1 aliphatic rings. The van der Waals surface area contributed by atoms with Gasteiger partial charge < -0.3 is 10.6 Å². The number of aryl methyl sites for hydroxylation is 1. The minimum Gasteiger partial charge on any atom is -0.384 e. The largest absolute Gasteiger partial charge is 0.384 e. The van der Waals surface area contributed by atoms with Gasteiger partial charge in [0.05, 0.1) is 0 Å². The highest BCUT2D eigenvalue weighted by molar-refractivity contribution is 8.00. The highest BCUT2D eigenvalue weighted by Gasteiger charge is 2.28. The highest BCUT2D eigenvalue weighted by atomic mass is 32.2. The van der Waals surface area contributed by atoms with E-state index in [-0.39, 0.29) is 11.2 Å². The van der Waals surface area contributed by atoms with Crippen molar-refractivity contribution < 1.29 is 4.79 Å². The number of carbonyl (C=O) groups is 1. The van der Waals surface area contributed by atoms with Gasteiger partial charge in [-0.05, 0) is 31.7 Å². The Bertz CT molecular complexity index is 681. The molecule has 1 unspecified atom stereocenters. The fourth-order valence-corrected chi connectivity index (χ4v) is 4.00. The molecule has 0 bridgehead atoms. The molecule has 0 radical (unpaired) electrons. The van der Waals surface area contributed by atoms with E-state index >= 15 is 0 Å². The molecule has 5 nitrogen and oxygen atoms in total. The summed E-state index contributed by atoms with van der Waals surface area (Å²) in [7, 11) is 0. The van der Waals surface area contributed by atoms with Crippen LogP contribution in [0.1, 0.15) is 35.8 Å². The van der Waals surface area contributed by atoms with Gasteiger partial charge in [0.2, 0.25) is 5.91 Å². The van der Waals surface area contributed by atoms with Gasteiger partial charge in [-0.2, -0.15) is 0 Å². The second-order valence-electron chi connectivity index (χ2n) is 6.01. The van der Waals surface area contributed by atoms with Crippen LogP contribution in [0.15, 0.2) is 41.6 Å². The van der Waals surface area contributed by atoms with E-state index in [1.807, 2.05) is 42.2 Å². The van der Waals surface area contributed by atoms with Crippen molar-refractivity contribution in [1.29, 1.82) is 0 Å². The number of nitrogens with zero attached hydrogens (tertiary/aromatic N) is 3. The van der Waals surface area contributed by atoms with Crippen LogP contribution in [0.25, 0.3) is 0 Å². The van der Waals surface area contributed by atoms with E-state index in [1.165, 1.54) is 18.2 Å². The SMILES string of the molecule is Cc1cc(N)nc(SC(C(=O)N2CCCCC2)c2ccccc2)n1. The van der Waals surface area contributed by atoms with Crippen molar-refractivity contribution in [3.05, 3.63) is 47.7 Å². The van der Waals surface area contributed by atoms with Crippen LogP contribution in [0.3, 0.4) is 0 Å². The van der Waals surface area contributed by atoms with Crippen LogP contribution in [-0.2, 0) is 4.79 Å². The molecular weight excluding hydrogens is 320 g/mol. The minimum absolute atomic E-state index is 0.134. The number of benzene rings is 1. The number of hydrogen-bond donors (Lipinski definition) is 1. The number of rotatable bonds is 4. The summed E-state index contributed by atoms with van der Waals surface area (Å²) in [5.74, 6) is 0.566. The average molecular weight is 342 g/mol. The summed E-state index contributed by atoms with van der Waals surface area (Å²) >= 11 is 1.38. The zero-order valence-corrected chi connectivity index (χ0v) is 14.6. The zero-order chi connectivity index (χ0) is 16.9. The lowest BCUT2D eigenvalue weighted by Gasteiger charge is -2.30. The average Bonchev–Trinajstić information content (AvgIpc) is 2.60. The molecule has 0 saturated carbocycles. The van der Waals surface area contributed by atoms with Gasteiger partial charge in [0, 0.05) is 24.8 Å². The highest BCUT2D eigenvalue weighted by Crippen LogP contribution is 2.36. The van der Waals surface area contributed by atoms with Crippen molar-refractivity contribution in [1.82, 2.24) is 14.9 Å². The first kappa shape index (κ1) is 16.8. The Labute approximate surface area is 146 Å². The summed E-state index contributed by atoms with van der Waals surface area (Å²) < 4.78 is 0. The van der Waals surface area contributed by atoms with Gasteiger partial charge in [-0.1, -0.05) is 42.1 Å². The maximum absolute atomic E-state index is 13.1. The third kappa shape index (κ3) is 4.06. The number of likely N-dealkylation sites (tertiary alicyclic amines) is 1. The van der Waals surface area contributed by atoms with Crippen molar-refractivity contribution in [2.45, 2.75) is 36.6 Å².